The number of carbonyl (C=O) groups excluding carboxylic acids is 1. The lowest BCUT2D eigenvalue weighted by atomic mass is 9.87. The van der Waals surface area contributed by atoms with Gasteiger partial charge in [0.25, 0.3) is 0 Å². The van der Waals surface area contributed by atoms with E-state index >= 15 is 0 Å². The van der Waals surface area contributed by atoms with Crippen LogP contribution in [0.15, 0.2) is 52.3 Å². The van der Waals surface area contributed by atoms with Crippen molar-refractivity contribution < 1.29 is 50.5 Å². The molecule has 41 heavy (non-hydrogen) atoms. The smallest absolute Gasteiger partial charge is 0.418 e. The van der Waals surface area contributed by atoms with E-state index in [1.54, 1.807) is 6.07 Å². The van der Waals surface area contributed by atoms with E-state index in [-0.39, 0.29) is 43.1 Å². The second kappa shape index (κ2) is 12.8. The van der Waals surface area contributed by atoms with E-state index in [2.05, 4.69) is 0 Å². The first-order valence-corrected chi connectivity index (χ1v) is 13.7. The lowest BCUT2D eigenvalue weighted by Crippen LogP contribution is -2.39. The van der Waals surface area contributed by atoms with Crippen LogP contribution in [0, 0.1) is 5.92 Å². The van der Waals surface area contributed by atoms with Crippen molar-refractivity contribution >= 4 is 29.7 Å². The summed E-state index contributed by atoms with van der Waals surface area (Å²) in [5.41, 5.74) is -4.52. The van der Waals surface area contributed by atoms with Gasteiger partial charge in [0.05, 0.1) is 41.3 Å². The summed E-state index contributed by atoms with van der Waals surface area (Å²) >= 11 is 0.496. The Morgan fingerprint density at radius 1 is 0.902 bits per heavy atom. The van der Waals surface area contributed by atoms with E-state index in [9.17, 15) is 41.0 Å². The van der Waals surface area contributed by atoms with Gasteiger partial charge < -0.3 is 19.5 Å². The van der Waals surface area contributed by atoms with E-state index in [0.29, 0.717) is 37.4 Å². The number of carboxylic acid groups (broad SMARTS) is 1. The molecule has 1 aliphatic carbocycles. The van der Waals surface area contributed by atoms with Gasteiger partial charge >= 0.3 is 18.3 Å². The van der Waals surface area contributed by atoms with Gasteiger partial charge in [0.1, 0.15) is 5.75 Å². The summed E-state index contributed by atoms with van der Waals surface area (Å²) in [5, 5.41) is 9.19. The highest BCUT2D eigenvalue weighted by atomic mass is 32.2. The van der Waals surface area contributed by atoms with Crippen molar-refractivity contribution in [1.29, 1.82) is 0 Å². The Morgan fingerprint density at radius 2 is 1.54 bits per heavy atom. The second-order valence-electron chi connectivity index (χ2n) is 9.65. The van der Waals surface area contributed by atoms with E-state index in [0.717, 1.165) is 24.3 Å². The normalized spacial score (nSPS) is 20.3. The number of morpholine rings is 1. The molecule has 13 heteroatoms. The highest BCUT2D eigenvalue weighted by Crippen LogP contribution is 2.49. The van der Waals surface area contributed by atoms with Gasteiger partial charge in [-0.05, 0) is 55.5 Å². The third-order valence-corrected chi connectivity index (χ3v) is 8.00. The molecule has 1 amide bonds. The maximum Gasteiger partial charge on any atom is 0.418 e. The molecule has 2 aliphatic rings. The SMILES string of the molecule is O=C(C=Cc1ccc(Sc2ccccc2O[C@H]2CC[C@@H](C(=O)O)CC2)c(C(F)(F)F)c1C(F)(F)F)N1CCOCC1. The Kier molecular flexibility index (Phi) is 9.58. The Balaban J connectivity index is 1.65. The number of rotatable bonds is 7. The highest BCUT2D eigenvalue weighted by molar-refractivity contribution is 7.99. The molecular weight excluding hydrogens is 576 g/mol. The molecule has 4 rings (SSSR count). The van der Waals surface area contributed by atoms with Crippen molar-refractivity contribution in [3.05, 3.63) is 59.2 Å². The lowest BCUT2D eigenvalue weighted by molar-refractivity contribution is -0.163. The summed E-state index contributed by atoms with van der Waals surface area (Å²) in [6.07, 6.45) is -7.91. The Bertz CT molecular complexity index is 1280. The van der Waals surface area contributed by atoms with E-state index in [4.69, 9.17) is 9.47 Å². The zero-order valence-corrected chi connectivity index (χ0v) is 22.5. The molecule has 1 N–H and O–H groups in total. The van der Waals surface area contributed by atoms with Gasteiger partial charge in [0.15, 0.2) is 0 Å². The number of halogens is 6. The molecule has 0 radical (unpaired) electrons. The first-order chi connectivity index (χ1) is 19.3. The van der Waals surface area contributed by atoms with Gasteiger partial charge in [-0.15, -0.1) is 0 Å². The number of carbonyl (C=O) groups is 2. The minimum atomic E-state index is -5.37. The predicted octanol–water partition coefficient (Wildman–Crippen LogP) is 6.77. The maximum absolute atomic E-state index is 14.3. The van der Waals surface area contributed by atoms with Crippen molar-refractivity contribution in [3.63, 3.8) is 0 Å². The molecule has 1 saturated heterocycles. The Labute approximate surface area is 236 Å². The van der Waals surface area contributed by atoms with Crippen LogP contribution >= 0.6 is 11.8 Å². The molecule has 0 aromatic heterocycles. The number of benzene rings is 2. The van der Waals surface area contributed by atoms with Crippen LogP contribution in [0.4, 0.5) is 26.3 Å². The zero-order chi connectivity index (χ0) is 29.8. The number of aliphatic carboxylic acids is 1. The van der Waals surface area contributed by atoms with Gasteiger partial charge in [-0.2, -0.15) is 26.3 Å². The fourth-order valence-electron chi connectivity index (χ4n) is 4.82. The van der Waals surface area contributed by atoms with Crippen LogP contribution in [0.1, 0.15) is 42.4 Å². The summed E-state index contributed by atoms with van der Waals surface area (Å²) in [6.45, 7) is 0.959. The monoisotopic (exact) mass is 603 g/mol. The number of amides is 1. The van der Waals surface area contributed by atoms with Gasteiger partial charge in [0, 0.05) is 24.1 Å². The van der Waals surface area contributed by atoms with Crippen molar-refractivity contribution in [2.24, 2.45) is 5.92 Å². The molecule has 222 valence electrons. The van der Waals surface area contributed by atoms with Crippen molar-refractivity contribution in [2.45, 2.75) is 53.9 Å². The Hall–Kier alpha value is -3.19. The summed E-state index contributed by atoms with van der Waals surface area (Å²) in [4.78, 5) is 24.5. The first-order valence-electron chi connectivity index (χ1n) is 12.9. The molecule has 1 saturated carbocycles. The average Bonchev–Trinajstić information content (AvgIpc) is 2.92. The maximum atomic E-state index is 14.3. The number of hydrogen-bond donors (Lipinski definition) is 1. The fourth-order valence-corrected chi connectivity index (χ4v) is 5.87. The number of ether oxygens (including phenoxy) is 2. The fraction of sp³-hybridized carbons (Fsp3) is 0.429. The van der Waals surface area contributed by atoms with E-state index < -0.39 is 51.7 Å². The van der Waals surface area contributed by atoms with Crippen LogP contribution in [0.25, 0.3) is 6.08 Å². The summed E-state index contributed by atoms with van der Waals surface area (Å²) in [5.74, 6) is -1.83. The molecule has 1 aliphatic heterocycles. The van der Waals surface area contributed by atoms with Crippen LogP contribution in [-0.4, -0.2) is 54.3 Å². The second-order valence-corrected chi connectivity index (χ2v) is 10.7. The number of alkyl halides is 6. The van der Waals surface area contributed by atoms with Gasteiger partial charge in [0.2, 0.25) is 5.91 Å². The minimum Gasteiger partial charge on any atom is -0.489 e. The van der Waals surface area contributed by atoms with Crippen LogP contribution in [-0.2, 0) is 26.7 Å². The third-order valence-electron chi connectivity index (χ3n) is 6.88. The van der Waals surface area contributed by atoms with Crippen LogP contribution in [0.2, 0.25) is 0 Å². The lowest BCUT2D eigenvalue weighted by Gasteiger charge is -2.27. The standard InChI is InChI=1S/C28H27F6NO5S/c29-27(30,31)24-17(8-12-23(36)35-13-15-39-16-14-35)7-11-22(25(24)28(32,33)34)41-21-4-2-1-3-20(21)40-19-9-5-18(6-10-19)26(37)38/h1-4,7-8,11-12,18-19H,5-6,9-10,13-16H2,(H,37,38)/t18-,19+. The van der Waals surface area contributed by atoms with Crippen molar-refractivity contribution in [3.8, 4) is 5.75 Å². The van der Waals surface area contributed by atoms with Crippen LogP contribution in [0.5, 0.6) is 5.75 Å². The third kappa shape index (κ3) is 7.76. The molecule has 0 spiro atoms. The molecule has 6 nitrogen and oxygen atoms in total. The molecule has 2 fully saturated rings. The van der Waals surface area contributed by atoms with E-state index in [1.165, 1.54) is 23.1 Å². The molecule has 0 unspecified atom stereocenters. The van der Waals surface area contributed by atoms with Crippen LogP contribution < -0.4 is 4.74 Å². The zero-order valence-electron chi connectivity index (χ0n) is 21.6. The number of carboxylic acids is 1. The van der Waals surface area contributed by atoms with Crippen LogP contribution in [0.3, 0.4) is 0 Å². The van der Waals surface area contributed by atoms with Gasteiger partial charge in [-0.3, -0.25) is 9.59 Å². The van der Waals surface area contributed by atoms with Gasteiger partial charge in [-0.25, -0.2) is 0 Å². The topological polar surface area (TPSA) is 76.1 Å². The molecule has 1 heterocycles. The first kappa shape index (κ1) is 30.8. The number of nitrogens with zero attached hydrogens (tertiary/aromatic N) is 1. The predicted molar refractivity (Wildman–Crippen MR) is 137 cm³/mol. The number of hydrogen-bond acceptors (Lipinski definition) is 5. The largest absolute Gasteiger partial charge is 0.489 e. The summed E-state index contributed by atoms with van der Waals surface area (Å²) in [6, 6.07) is 7.95. The van der Waals surface area contributed by atoms with Crippen molar-refractivity contribution in [1.82, 2.24) is 4.90 Å². The summed E-state index contributed by atoms with van der Waals surface area (Å²) in [7, 11) is 0. The molecule has 0 atom stereocenters. The van der Waals surface area contributed by atoms with Gasteiger partial charge in [-0.1, -0.05) is 30.0 Å². The Morgan fingerprint density at radius 3 is 2.15 bits per heavy atom. The quantitative estimate of drug-likeness (QED) is 0.278. The highest BCUT2D eigenvalue weighted by Gasteiger charge is 2.46. The molecule has 2 aromatic carbocycles. The molecule has 0 bridgehead atoms. The van der Waals surface area contributed by atoms with E-state index in [1.807, 2.05) is 0 Å². The van der Waals surface area contributed by atoms with Crippen molar-refractivity contribution in [2.75, 3.05) is 26.3 Å². The molecule has 2 aromatic rings. The average molecular weight is 604 g/mol. The number of para-hydroxylation sites is 1. The summed E-state index contributed by atoms with van der Waals surface area (Å²) < 4.78 is 96.5. The minimum absolute atomic E-state index is 0.178. The molecular formula is C28H27F6NO5S.